The maximum Gasteiger partial charge on any atom is 0.458 e. The molecular formula is C32H30ClF6N7O6. The maximum atomic E-state index is 13.0. The van der Waals surface area contributed by atoms with E-state index < -0.39 is 23.9 Å². The Kier molecular flexibility index (Phi) is 11.8. The van der Waals surface area contributed by atoms with Crippen molar-refractivity contribution in [3.8, 4) is 5.75 Å². The fourth-order valence-corrected chi connectivity index (χ4v) is 5.52. The van der Waals surface area contributed by atoms with Crippen LogP contribution in [0.4, 0.5) is 49.5 Å². The number of nitrogens with one attached hydrogen (secondary N) is 2. The highest BCUT2D eigenvalue weighted by atomic mass is 35.5. The third-order valence-corrected chi connectivity index (χ3v) is 8.30. The third-order valence-electron chi connectivity index (χ3n) is 8.02. The number of fused-ring (bicyclic) bond motifs is 6. The zero-order chi connectivity index (χ0) is 37.6. The van der Waals surface area contributed by atoms with Gasteiger partial charge in [0.15, 0.2) is 12.4 Å². The molecule has 5 heterocycles. The van der Waals surface area contributed by atoms with Gasteiger partial charge in [0.1, 0.15) is 16.9 Å². The van der Waals surface area contributed by atoms with E-state index in [9.17, 15) is 45.5 Å². The summed E-state index contributed by atoms with van der Waals surface area (Å²) in [5.74, 6) is -5.38. The lowest BCUT2D eigenvalue weighted by Gasteiger charge is -2.35. The molecule has 0 spiro atoms. The summed E-state index contributed by atoms with van der Waals surface area (Å²) in [7, 11) is 0. The van der Waals surface area contributed by atoms with Crippen molar-refractivity contribution in [2.75, 3.05) is 50.0 Å². The second kappa shape index (κ2) is 16.1. The van der Waals surface area contributed by atoms with Gasteiger partial charge in [0, 0.05) is 44.7 Å². The minimum absolute atomic E-state index is 0.0329. The van der Waals surface area contributed by atoms with Crippen molar-refractivity contribution < 1.29 is 55.0 Å². The van der Waals surface area contributed by atoms with Crippen molar-refractivity contribution in [3.05, 3.63) is 59.0 Å². The molecule has 2 aromatic heterocycles. The predicted octanol–water partition coefficient (Wildman–Crippen LogP) is 4.59. The fourth-order valence-electron chi connectivity index (χ4n) is 5.39. The third kappa shape index (κ3) is 9.84. The number of hydrogen-bond acceptors (Lipinski definition) is 11. The van der Waals surface area contributed by atoms with Crippen molar-refractivity contribution in [1.82, 2.24) is 24.8 Å². The van der Waals surface area contributed by atoms with Crippen molar-refractivity contribution in [2.24, 2.45) is 0 Å². The van der Waals surface area contributed by atoms with E-state index in [4.69, 9.17) is 21.1 Å². The first-order valence-electron chi connectivity index (χ1n) is 15.8. The molecule has 13 nitrogen and oxygen atoms in total. The van der Waals surface area contributed by atoms with Crippen LogP contribution in [-0.2, 0) is 36.8 Å². The number of aromatic nitrogens is 3. The van der Waals surface area contributed by atoms with E-state index in [0.29, 0.717) is 61.7 Å². The van der Waals surface area contributed by atoms with E-state index in [2.05, 4.69) is 25.6 Å². The lowest BCUT2D eigenvalue weighted by atomic mass is 10.0. The Morgan fingerprint density at radius 2 is 1.58 bits per heavy atom. The number of ketones is 2. The number of halogens is 7. The number of amides is 2. The molecule has 1 unspecified atom stereocenters. The topological polar surface area (TPSA) is 156 Å². The van der Waals surface area contributed by atoms with Gasteiger partial charge in [-0.25, -0.2) is 4.98 Å². The number of hydrogen-bond donors (Lipinski definition) is 2. The molecule has 20 heteroatoms. The van der Waals surface area contributed by atoms with Crippen LogP contribution < -0.4 is 15.4 Å². The van der Waals surface area contributed by atoms with Crippen LogP contribution >= 0.6 is 11.6 Å². The smallest absolute Gasteiger partial charge is 0.458 e. The molecule has 1 aromatic carbocycles. The summed E-state index contributed by atoms with van der Waals surface area (Å²) in [4.78, 5) is 61.5. The summed E-state index contributed by atoms with van der Waals surface area (Å²) in [5.41, 5.74) is 3.54. The highest BCUT2D eigenvalue weighted by Crippen LogP contribution is 2.30. The van der Waals surface area contributed by atoms with Gasteiger partial charge in [-0.05, 0) is 61.1 Å². The number of carbonyl (C=O) groups excluding carboxylic acids is 4. The molecule has 0 aliphatic carbocycles. The zero-order valence-electron chi connectivity index (χ0n) is 27.0. The van der Waals surface area contributed by atoms with Crippen molar-refractivity contribution in [2.45, 2.75) is 44.1 Å². The molecule has 6 bridgehead atoms. The molecule has 2 amide bonds. The fraction of sp³-hybridized carbons (Fsp3) is 0.406. The van der Waals surface area contributed by atoms with Gasteiger partial charge in [-0.1, -0.05) is 11.6 Å². The minimum atomic E-state index is -5.77. The largest absolute Gasteiger partial charge is 0.483 e. The van der Waals surface area contributed by atoms with E-state index in [1.54, 1.807) is 22.2 Å². The Morgan fingerprint density at radius 1 is 0.885 bits per heavy atom. The van der Waals surface area contributed by atoms with E-state index in [-0.39, 0.29) is 24.5 Å². The van der Waals surface area contributed by atoms with Gasteiger partial charge in [0.25, 0.3) is 11.8 Å². The van der Waals surface area contributed by atoms with Gasteiger partial charge in [0.2, 0.25) is 5.95 Å². The van der Waals surface area contributed by atoms with Crippen LogP contribution in [0, 0.1) is 0 Å². The van der Waals surface area contributed by atoms with E-state index in [1.165, 1.54) is 0 Å². The van der Waals surface area contributed by atoms with E-state index in [1.807, 2.05) is 30.5 Å². The zero-order valence-corrected chi connectivity index (χ0v) is 27.8. The molecule has 3 aromatic rings. The SMILES string of the molecule is O=C(C(=O)C(F)(F)F)C(F)(F)F.O=C(COc1ccc2cc1CCc1cncc(c1)Nc1ncc(Cl)c(n1)N2)N1CCN(C(=O)C2CCCO2)CC1. The molecule has 2 N–H and O–H groups in total. The molecule has 2 fully saturated rings. The molecule has 278 valence electrons. The van der Waals surface area contributed by atoms with Crippen LogP contribution in [0.5, 0.6) is 5.75 Å². The average Bonchev–Trinajstić information content (AvgIpc) is 3.65. The highest BCUT2D eigenvalue weighted by molar-refractivity contribution is 6.41. The van der Waals surface area contributed by atoms with Crippen LogP contribution in [0.3, 0.4) is 0 Å². The van der Waals surface area contributed by atoms with Crippen LogP contribution in [0.2, 0.25) is 5.02 Å². The number of Topliss-reactive ketones (excluding diaryl/α,β-unsaturated/α-hetero) is 2. The van der Waals surface area contributed by atoms with Crippen LogP contribution in [0.1, 0.15) is 24.0 Å². The standard InChI is InChI=1S/C28H30ClN7O4.C4F6O2/c29-22-16-31-28-33-21-12-18(14-30-15-21)3-4-19-13-20(32-26(22)34-28)5-6-23(19)40-17-25(37)35-7-9-36(10-8-35)27(38)24-2-1-11-39-24;5-3(6,7)1(11)2(12)4(8,9)10/h5-6,12-16,24H,1-4,7-11,17H2,(H2,31,32,33,34);. The molecule has 0 radical (unpaired) electrons. The molecule has 3 aliphatic heterocycles. The Labute approximate surface area is 296 Å². The average molecular weight is 758 g/mol. The minimum Gasteiger partial charge on any atom is -0.483 e. The second-order valence-electron chi connectivity index (χ2n) is 11.7. The quantitative estimate of drug-likeness (QED) is 0.277. The number of alkyl halides is 6. The Hall–Kier alpha value is -5.04. The first-order valence-corrected chi connectivity index (χ1v) is 16.1. The molecular weight excluding hydrogens is 728 g/mol. The summed E-state index contributed by atoms with van der Waals surface area (Å²) >= 11 is 6.36. The Bertz CT molecular complexity index is 1790. The highest BCUT2D eigenvalue weighted by Gasteiger charge is 2.54. The first-order chi connectivity index (χ1) is 24.6. The van der Waals surface area contributed by atoms with Gasteiger partial charge in [-0.15, -0.1) is 0 Å². The van der Waals surface area contributed by atoms with Gasteiger partial charge < -0.3 is 29.9 Å². The molecule has 0 saturated carbocycles. The lowest BCUT2D eigenvalue weighted by molar-refractivity contribution is -0.193. The number of carbonyl (C=O) groups is 4. The summed E-state index contributed by atoms with van der Waals surface area (Å²) in [6.45, 7) is 2.53. The van der Waals surface area contributed by atoms with Gasteiger partial charge >= 0.3 is 23.9 Å². The van der Waals surface area contributed by atoms with Crippen molar-refractivity contribution in [3.63, 3.8) is 0 Å². The number of ether oxygens (including phenoxy) is 2. The molecule has 1 atom stereocenters. The second-order valence-corrected chi connectivity index (χ2v) is 12.1. The Balaban J connectivity index is 0.000000376. The summed E-state index contributed by atoms with van der Waals surface area (Å²) in [6.07, 6.45) is -3.71. The van der Waals surface area contributed by atoms with Gasteiger partial charge in [-0.3, -0.25) is 24.2 Å². The van der Waals surface area contributed by atoms with Crippen LogP contribution in [0.15, 0.2) is 42.9 Å². The number of rotatable bonds is 5. The monoisotopic (exact) mass is 757 g/mol. The predicted molar refractivity (Wildman–Crippen MR) is 171 cm³/mol. The summed E-state index contributed by atoms with van der Waals surface area (Å²) < 4.78 is 78.5. The lowest BCUT2D eigenvalue weighted by Crippen LogP contribution is -2.53. The number of nitrogens with zero attached hydrogens (tertiary/aromatic N) is 5. The number of anilines is 4. The molecule has 6 rings (SSSR count). The van der Waals surface area contributed by atoms with E-state index >= 15 is 0 Å². The Morgan fingerprint density at radius 3 is 2.23 bits per heavy atom. The number of benzene rings is 1. The molecule has 52 heavy (non-hydrogen) atoms. The van der Waals surface area contributed by atoms with Gasteiger partial charge in [0.05, 0.1) is 18.1 Å². The molecule has 3 aliphatic rings. The normalized spacial score (nSPS) is 17.2. The number of pyridine rings is 1. The van der Waals surface area contributed by atoms with Crippen LogP contribution in [-0.4, -0.2) is 106 Å². The maximum absolute atomic E-state index is 13.0. The van der Waals surface area contributed by atoms with Crippen LogP contribution in [0.25, 0.3) is 0 Å². The summed E-state index contributed by atoms with van der Waals surface area (Å²) in [6, 6.07) is 7.71. The number of piperazine rings is 1. The van der Waals surface area contributed by atoms with Crippen molar-refractivity contribution in [1.29, 1.82) is 0 Å². The van der Waals surface area contributed by atoms with E-state index in [0.717, 1.165) is 41.8 Å². The molecule has 2 saturated heterocycles. The van der Waals surface area contributed by atoms with Gasteiger partial charge in [-0.2, -0.15) is 31.3 Å². The van der Waals surface area contributed by atoms with Crippen molar-refractivity contribution >= 4 is 58.1 Å². The summed E-state index contributed by atoms with van der Waals surface area (Å²) in [5, 5.41) is 6.83. The first kappa shape index (κ1) is 38.2. The number of aryl methyl sites for hydroxylation is 2.